The third kappa shape index (κ3) is 4.81. The van der Waals surface area contributed by atoms with E-state index in [0.717, 1.165) is 31.5 Å². The second-order valence-corrected chi connectivity index (χ2v) is 5.91. The van der Waals surface area contributed by atoms with Crippen LogP contribution in [-0.2, 0) is 0 Å². The van der Waals surface area contributed by atoms with Crippen LogP contribution >= 0.6 is 0 Å². The van der Waals surface area contributed by atoms with Crippen molar-refractivity contribution in [2.75, 3.05) is 26.2 Å². The third-order valence-corrected chi connectivity index (χ3v) is 3.95. The summed E-state index contributed by atoms with van der Waals surface area (Å²) >= 11 is 0. The van der Waals surface area contributed by atoms with E-state index < -0.39 is 0 Å². The number of nitrogens with one attached hydrogen (secondary N) is 1. The summed E-state index contributed by atoms with van der Waals surface area (Å²) in [4.78, 5) is 2.61. The molecule has 0 aromatic carbocycles. The van der Waals surface area contributed by atoms with Crippen LogP contribution in [0, 0.1) is 11.8 Å². The van der Waals surface area contributed by atoms with Crippen molar-refractivity contribution in [2.24, 2.45) is 11.8 Å². The maximum atomic E-state index is 4.20. The van der Waals surface area contributed by atoms with E-state index in [0.29, 0.717) is 6.04 Å². The highest BCUT2D eigenvalue weighted by Crippen LogP contribution is 2.27. The fourth-order valence-electron chi connectivity index (χ4n) is 2.83. The molecule has 17 heavy (non-hydrogen) atoms. The first-order valence-electron chi connectivity index (χ1n) is 7.16. The molecule has 0 saturated carbocycles. The van der Waals surface area contributed by atoms with Gasteiger partial charge in [0.05, 0.1) is 0 Å². The number of nitrogens with zero attached hydrogens (tertiary/aromatic N) is 1. The first-order chi connectivity index (χ1) is 8.04. The summed E-state index contributed by atoms with van der Waals surface area (Å²) in [6.45, 7) is 17.9. The van der Waals surface area contributed by atoms with E-state index in [9.17, 15) is 0 Å². The van der Waals surface area contributed by atoms with Crippen LogP contribution in [0.5, 0.6) is 0 Å². The SMILES string of the molecule is C=C(CNCCC)CN1CC(C)CC(C)C1C. The Bertz CT molecular complexity index is 237. The van der Waals surface area contributed by atoms with Crippen molar-refractivity contribution >= 4 is 0 Å². The Morgan fingerprint density at radius 2 is 2.06 bits per heavy atom. The number of likely N-dealkylation sites (tertiary alicyclic amines) is 1. The van der Waals surface area contributed by atoms with Gasteiger partial charge in [0.1, 0.15) is 0 Å². The van der Waals surface area contributed by atoms with E-state index in [1.807, 2.05) is 0 Å². The van der Waals surface area contributed by atoms with Gasteiger partial charge in [-0.15, -0.1) is 0 Å². The van der Waals surface area contributed by atoms with Crippen LogP contribution in [0.4, 0.5) is 0 Å². The number of rotatable bonds is 6. The minimum Gasteiger partial charge on any atom is -0.313 e. The first kappa shape index (κ1) is 14.7. The molecule has 1 aliphatic rings. The van der Waals surface area contributed by atoms with Crippen LogP contribution in [0.3, 0.4) is 0 Å². The average Bonchev–Trinajstić information content (AvgIpc) is 2.25. The van der Waals surface area contributed by atoms with Gasteiger partial charge in [-0.05, 0) is 43.7 Å². The zero-order chi connectivity index (χ0) is 12.8. The average molecular weight is 238 g/mol. The van der Waals surface area contributed by atoms with Gasteiger partial charge in [-0.1, -0.05) is 27.4 Å². The Morgan fingerprint density at radius 1 is 1.35 bits per heavy atom. The summed E-state index contributed by atoms with van der Waals surface area (Å²) < 4.78 is 0. The van der Waals surface area contributed by atoms with Crippen molar-refractivity contribution in [2.45, 2.75) is 46.6 Å². The van der Waals surface area contributed by atoms with Crippen LogP contribution < -0.4 is 5.32 Å². The summed E-state index contributed by atoms with van der Waals surface area (Å²) in [5.41, 5.74) is 1.33. The maximum absolute atomic E-state index is 4.20. The predicted molar refractivity (Wildman–Crippen MR) is 76.3 cm³/mol. The predicted octanol–water partition coefficient (Wildman–Crippen LogP) is 2.91. The van der Waals surface area contributed by atoms with E-state index in [4.69, 9.17) is 0 Å². The Kier molecular flexibility index (Phi) is 6.21. The van der Waals surface area contributed by atoms with Crippen molar-refractivity contribution in [3.05, 3.63) is 12.2 Å². The molecule has 100 valence electrons. The Morgan fingerprint density at radius 3 is 2.71 bits per heavy atom. The normalized spacial score (nSPS) is 30.5. The van der Waals surface area contributed by atoms with Gasteiger partial charge in [0.2, 0.25) is 0 Å². The molecular formula is C15H30N2. The fraction of sp³-hybridized carbons (Fsp3) is 0.867. The van der Waals surface area contributed by atoms with Crippen molar-refractivity contribution in [3.8, 4) is 0 Å². The van der Waals surface area contributed by atoms with Gasteiger partial charge < -0.3 is 5.32 Å². The molecule has 0 spiro atoms. The highest BCUT2D eigenvalue weighted by atomic mass is 15.2. The molecule has 0 aromatic rings. The van der Waals surface area contributed by atoms with Crippen molar-refractivity contribution in [3.63, 3.8) is 0 Å². The second kappa shape index (κ2) is 7.17. The summed E-state index contributed by atoms with van der Waals surface area (Å²) in [6.07, 6.45) is 2.57. The topological polar surface area (TPSA) is 15.3 Å². The van der Waals surface area contributed by atoms with Crippen LogP contribution in [0.2, 0.25) is 0 Å². The lowest BCUT2D eigenvalue weighted by atomic mass is 9.86. The zero-order valence-corrected chi connectivity index (χ0v) is 12.1. The van der Waals surface area contributed by atoms with Gasteiger partial charge in [-0.2, -0.15) is 0 Å². The highest BCUT2D eigenvalue weighted by molar-refractivity contribution is 5.01. The molecule has 3 unspecified atom stereocenters. The number of hydrogen-bond acceptors (Lipinski definition) is 2. The van der Waals surface area contributed by atoms with Gasteiger partial charge in [0.15, 0.2) is 0 Å². The van der Waals surface area contributed by atoms with E-state index in [1.165, 1.54) is 25.0 Å². The lowest BCUT2D eigenvalue weighted by Gasteiger charge is -2.41. The van der Waals surface area contributed by atoms with Gasteiger partial charge in [-0.3, -0.25) is 4.90 Å². The van der Waals surface area contributed by atoms with Crippen molar-refractivity contribution in [1.82, 2.24) is 10.2 Å². The Hall–Kier alpha value is -0.340. The van der Waals surface area contributed by atoms with E-state index in [1.54, 1.807) is 0 Å². The van der Waals surface area contributed by atoms with Gasteiger partial charge >= 0.3 is 0 Å². The lowest BCUT2D eigenvalue weighted by Crippen LogP contribution is -2.46. The van der Waals surface area contributed by atoms with Gasteiger partial charge in [-0.25, -0.2) is 0 Å². The summed E-state index contributed by atoms with van der Waals surface area (Å²) in [6, 6.07) is 0.703. The molecule has 0 aromatic heterocycles. The second-order valence-electron chi connectivity index (χ2n) is 5.91. The third-order valence-electron chi connectivity index (χ3n) is 3.95. The molecule has 0 amide bonds. The molecule has 0 aliphatic carbocycles. The molecule has 1 N–H and O–H groups in total. The Labute approximate surface area is 107 Å². The Balaban J connectivity index is 2.35. The monoisotopic (exact) mass is 238 g/mol. The van der Waals surface area contributed by atoms with E-state index in [2.05, 4.69) is 44.5 Å². The number of hydrogen-bond donors (Lipinski definition) is 1. The summed E-state index contributed by atoms with van der Waals surface area (Å²) in [5, 5.41) is 3.44. The molecule has 1 aliphatic heterocycles. The van der Waals surface area contributed by atoms with Crippen LogP contribution in [0.25, 0.3) is 0 Å². The molecule has 1 saturated heterocycles. The zero-order valence-electron chi connectivity index (χ0n) is 12.1. The minimum atomic E-state index is 0.703. The van der Waals surface area contributed by atoms with E-state index >= 15 is 0 Å². The lowest BCUT2D eigenvalue weighted by molar-refractivity contribution is 0.0886. The largest absolute Gasteiger partial charge is 0.313 e. The molecular weight excluding hydrogens is 208 g/mol. The molecule has 0 bridgehead atoms. The molecule has 3 atom stereocenters. The van der Waals surface area contributed by atoms with Crippen LogP contribution in [-0.4, -0.2) is 37.1 Å². The summed E-state index contributed by atoms with van der Waals surface area (Å²) in [7, 11) is 0. The molecule has 1 fully saturated rings. The smallest absolute Gasteiger partial charge is 0.0205 e. The highest BCUT2D eigenvalue weighted by Gasteiger charge is 2.28. The molecule has 2 heteroatoms. The van der Waals surface area contributed by atoms with Gasteiger partial charge in [0, 0.05) is 25.7 Å². The molecule has 0 radical (unpaired) electrons. The minimum absolute atomic E-state index is 0.703. The van der Waals surface area contributed by atoms with Gasteiger partial charge in [0.25, 0.3) is 0 Å². The molecule has 2 nitrogen and oxygen atoms in total. The van der Waals surface area contributed by atoms with Crippen LogP contribution in [0.1, 0.15) is 40.5 Å². The van der Waals surface area contributed by atoms with Crippen molar-refractivity contribution < 1.29 is 0 Å². The molecule has 1 heterocycles. The number of piperidine rings is 1. The first-order valence-corrected chi connectivity index (χ1v) is 7.16. The summed E-state index contributed by atoms with van der Waals surface area (Å²) in [5.74, 6) is 1.65. The maximum Gasteiger partial charge on any atom is 0.0205 e. The quantitative estimate of drug-likeness (QED) is 0.565. The fourth-order valence-corrected chi connectivity index (χ4v) is 2.83. The van der Waals surface area contributed by atoms with Crippen molar-refractivity contribution in [1.29, 1.82) is 0 Å². The molecule has 1 rings (SSSR count). The van der Waals surface area contributed by atoms with E-state index in [-0.39, 0.29) is 0 Å². The standard InChI is InChI=1S/C15H30N2/c1-6-7-16-9-13(3)11-17-10-12(2)8-14(4)15(17)5/h12,14-16H,3,6-11H2,1-2,4-5H3. The van der Waals surface area contributed by atoms with Crippen LogP contribution in [0.15, 0.2) is 12.2 Å².